The van der Waals surface area contributed by atoms with Crippen molar-refractivity contribution in [2.24, 2.45) is 0 Å². The van der Waals surface area contributed by atoms with Crippen LogP contribution in [0.4, 0.5) is 5.82 Å². The fourth-order valence-electron chi connectivity index (χ4n) is 1.75. The Bertz CT molecular complexity index is 476. The van der Waals surface area contributed by atoms with Gasteiger partial charge in [0.05, 0.1) is 6.10 Å². The molecule has 0 radical (unpaired) electrons. The maximum Gasteiger partial charge on any atom is 0.241 e. The highest BCUT2D eigenvalue weighted by atomic mass is 32.2. The molecule has 2 rings (SSSR count). The van der Waals surface area contributed by atoms with E-state index < -0.39 is 21.6 Å². The van der Waals surface area contributed by atoms with Crippen molar-refractivity contribution in [1.82, 2.24) is 4.98 Å². The Labute approximate surface area is 99.7 Å². The molecule has 1 aliphatic heterocycles. The van der Waals surface area contributed by atoms with Crippen molar-refractivity contribution in [2.75, 3.05) is 4.72 Å². The molecule has 0 spiro atoms. The highest BCUT2D eigenvalue weighted by Gasteiger charge is 2.41. The zero-order chi connectivity index (χ0) is 12.5. The standard InChI is InChI=1S/C10H14N2O4S/c1-7-6-8(10(13)16-7)17(14,15)12-9-4-2-3-5-11-9/h2-5,7-8,10,13H,6H2,1H3,(H,11,12). The summed E-state index contributed by atoms with van der Waals surface area (Å²) in [7, 11) is -3.68. The van der Waals surface area contributed by atoms with Crippen molar-refractivity contribution in [2.45, 2.75) is 31.0 Å². The zero-order valence-electron chi connectivity index (χ0n) is 9.28. The summed E-state index contributed by atoms with van der Waals surface area (Å²) in [6.45, 7) is 1.72. The van der Waals surface area contributed by atoms with Crippen LogP contribution in [-0.4, -0.2) is 36.2 Å². The van der Waals surface area contributed by atoms with Gasteiger partial charge in [0, 0.05) is 6.20 Å². The molecule has 0 saturated carbocycles. The largest absolute Gasteiger partial charge is 0.367 e. The summed E-state index contributed by atoms with van der Waals surface area (Å²) in [5.74, 6) is 0.235. The zero-order valence-corrected chi connectivity index (χ0v) is 10.1. The van der Waals surface area contributed by atoms with Gasteiger partial charge in [-0.05, 0) is 25.5 Å². The predicted molar refractivity (Wildman–Crippen MR) is 61.7 cm³/mol. The summed E-state index contributed by atoms with van der Waals surface area (Å²) in [4.78, 5) is 3.87. The number of nitrogens with zero attached hydrogens (tertiary/aromatic N) is 1. The number of hydrogen-bond donors (Lipinski definition) is 2. The minimum absolute atomic E-state index is 0.235. The van der Waals surface area contributed by atoms with Gasteiger partial charge in [0.25, 0.3) is 0 Å². The van der Waals surface area contributed by atoms with Crippen LogP contribution in [-0.2, 0) is 14.8 Å². The first kappa shape index (κ1) is 12.3. The number of aromatic nitrogens is 1. The van der Waals surface area contributed by atoms with Crippen LogP contribution in [0.15, 0.2) is 24.4 Å². The summed E-state index contributed by atoms with van der Waals surface area (Å²) >= 11 is 0. The quantitative estimate of drug-likeness (QED) is 0.815. The number of sulfonamides is 1. The van der Waals surface area contributed by atoms with E-state index in [2.05, 4.69) is 9.71 Å². The number of pyridine rings is 1. The fraction of sp³-hybridized carbons (Fsp3) is 0.500. The van der Waals surface area contributed by atoms with Gasteiger partial charge in [-0.15, -0.1) is 0 Å². The Hall–Kier alpha value is -1.18. The topological polar surface area (TPSA) is 88.5 Å². The van der Waals surface area contributed by atoms with E-state index in [1.165, 1.54) is 6.20 Å². The third-order valence-corrected chi connectivity index (χ3v) is 4.28. The van der Waals surface area contributed by atoms with Crippen molar-refractivity contribution in [3.8, 4) is 0 Å². The molecule has 6 nitrogen and oxygen atoms in total. The summed E-state index contributed by atoms with van der Waals surface area (Å²) in [6.07, 6.45) is 0.201. The van der Waals surface area contributed by atoms with Crippen molar-refractivity contribution in [3.05, 3.63) is 24.4 Å². The predicted octanol–water partition coefficient (Wildman–Crippen LogP) is 0.319. The van der Waals surface area contributed by atoms with Gasteiger partial charge in [0.15, 0.2) is 6.29 Å². The van der Waals surface area contributed by atoms with Crippen LogP contribution in [0, 0.1) is 0 Å². The van der Waals surface area contributed by atoms with Gasteiger partial charge in [0.2, 0.25) is 10.0 Å². The summed E-state index contributed by atoms with van der Waals surface area (Å²) in [5, 5.41) is 8.55. The van der Waals surface area contributed by atoms with Gasteiger partial charge >= 0.3 is 0 Å². The smallest absolute Gasteiger partial charge is 0.241 e. The molecule has 0 bridgehead atoms. The van der Waals surface area contributed by atoms with Crippen LogP contribution in [0.1, 0.15) is 13.3 Å². The van der Waals surface area contributed by atoms with Gasteiger partial charge in [-0.3, -0.25) is 4.72 Å². The Morgan fingerprint density at radius 2 is 2.29 bits per heavy atom. The number of ether oxygens (including phenoxy) is 1. The van der Waals surface area contributed by atoms with E-state index in [0.717, 1.165) is 0 Å². The van der Waals surface area contributed by atoms with E-state index in [4.69, 9.17) is 4.74 Å². The number of nitrogens with one attached hydrogen (secondary N) is 1. The van der Waals surface area contributed by atoms with Crippen LogP contribution in [0.3, 0.4) is 0 Å². The molecule has 17 heavy (non-hydrogen) atoms. The number of rotatable bonds is 3. The molecule has 0 aliphatic carbocycles. The van der Waals surface area contributed by atoms with Crippen molar-refractivity contribution >= 4 is 15.8 Å². The van der Waals surface area contributed by atoms with Gasteiger partial charge in [-0.25, -0.2) is 13.4 Å². The maximum atomic E-state index is 12.0. The second-order valence-electron chi connectivity index (χ2n) is 3.97. The molecule has 0 aromatic carbocycles. The Kier molecular flexibility index (Phi) is 3.32. The average Bonchev–Trinajstić information content (AvgIpc) is 2.59. The molecular formula is C10H14N2O4S. The lowest BCUT2D eigenvalue weighted by molar-refractivity contribution is -0.0834. The van der Waals surface area contributed by atoms with E-state index in [9.17, 15) is 13.5 Å². The molecule has 1 aromatic rings. The van der Waals surface area contributed by atoms with E-state index in [0.29, 0.717) is 0 Å². The third-order valence-electron chi connectivity index (χ3n) is 2.56. The van der Waals surface area contributed by atoms with Crippen LogP contribution < -0.4 is 4.72 Å². The Balaban J connectivity index is 2.15. The first-order valence-corrected chi connectivity index (χ1v) is 6.80. The van der Waals surface area contributed by atoms with E-state index in [-0.39, 0.29) is 18.3 Å². The van der Waals surface area contributed by atoms with Crippen LogP contribution in [0.2, 0.25) is 0 Å². The van der Waals surface area contributed by atoms with E-state index in [1.54, 1.807) is 25.1 Å². The normalized spacial score (nSPS) is 29.2. The molecule has 94 valence electrons. The number of aliphatic hydroxyl groups excluding tert-OH is 1. The van der Waals surface area contributed by atoms with Crippen LogP contribution in [0.5, 0.6) is 0 Å². The monoisotopic (exact) mass is 258 g/mol. The Morgan fingerprint density at radius 3 is 2.82 bits per heavy atom. The average molecular weight is 258 g/mol. The first-order chi connectivity index (χ1) is 7.99. The second-order valence-corrected chi connectivity index (χ2v) is 5.87. The number of anilines is 1. The van der Waals surface area contributed by atoms with Crippen LogP contribution >= 0.6 is 0 Å². The molecule has 2 heterocycles. The molecule has 2 N–H and O–H groups in total. The third kappa shape index (κ3) is 2.74. The van der Waals surface area contributed by atoms with Crippen molar-refractivity contribution < 1.29 is 18.3 Å². The van der Waals surface area contributed by atoms with Gasteiger partial charge in [-0.2, -0.15) is 0 Å². The minimum atomic E-state index is -3.68. The number of hydrogen-bond acceptors (Lipinski definition) is 5. The molecule has 1 saturated heterocycles. The van der Waals surface area contributed by atoms with Crippen molar-refractivity contribution in [3.63, 3.8) is 0 Å². The number of aliphatic hydroxyl groups is 1. The molecule has 1 aliphatic rings. The van der Waals surface area contributed by atoms with Gasteiger partial charge in [-0.1, -0.05) is 6.07 Å². The molecule has 3 unspecified atom stereocenters. The van der Waals surface area contributed by atoms with E-state index in [1.807, 2.05) is 0 Å². The summed E-state index contributed by atoms with van der Waals surface area (Å²) in [6, 6.07) is 4.91. The molecule has 7 heteroatoms. The lowest BCUT2D eigenvalue weighted by Crippen LogP contribution is -2.34. The second kappa shape index (κ2) is 4.59. The lowest BCUT2D eigenvalue weighted by atomic mass is 10.2. The molecule has 3 atom stereocenters. The Morgan fingerprint density at radius 1 is 1.53 bits per heavy atom. The fourth-order valence-corrected chi connectivity index (χ4v) is 3.21. The first-order valence-electron chi connectivity index (χ1n) is 5.25. The summed E-state index contributed by atoms with van der Waals surface area (Å²) < 4.78 is 31.3. The highest BCUT2D eigenvalue weighted by molar-refractivity contribution is 7.93. The molecular weight excluding hydrogens is 244 g/mol. The summed E-state index contributed by atoms with van der Waals surface area (Å²) in [5.41, 5.74) is 0. The molecule has 1 aromatic heterocycles. The van der Waals surface area contributed by atoms with Gasteiger partial charge in [0.1, 0.15) is 11.1 Å². The minimum Gasteiger partial charge on any atom is -0.367 e. The lowest BCUT2D eigenvalue weighted by Gasteiger charge is -2.14. The molecule has 1 fully saturated rings. The SMILES string of the molecule is CC1CC(S(=O)(=O)Nc2ccccn2)C(O)O1. The van der Waals surface area contributed by atoms with Gasteiger partial charge < -0.3 is 9.84 Å². The maximum absolute atomic E-state index is 12.0. The highest BCUT2D eigenvalue weighted by Crippen LogP contribution is 2.25. The van der Waals surface area contributed by atoms with E-state index >= 15 is 0 Å². The molecule has 0 amide bonds. The van der Waals surface area contributed by atoms with Crippen molar-refractivity contribution in [1.29, 1.82) is 0 Å². The van der Waals surface area contributed by atoms with Crippen LogP contribution in [0.25, 0.3) is 0 Å².